The van der Waals surface area contributed by atoms with Crippen LogP contribution in [-0.2, 0) is 22.6 Å². The number of likely N-dealkylation sites (N-methyl/N-ethyl adjacent to an activating group) is 1. The molecule has 1 aliphatic heterocycles. The van der Waals surface area contributed by atoms with Gasteiger partial charge in [0.1, 0.15) is 12.6 Å². The van der Waals surface area contributed by atoms with E-state index in [4.69, 9.17) is 11.6 Å². The van der Waals surface area contributed by atoms with Gasteiger partial charge < -0.3 is 15.2 Å². The fourth-order valence-electron chi connectivity index (χ4n) is 3.62. The lowest BCUT2D eigenvalue weighted by Crippen LogP contribution is -2.43. The number of fused-ring (bicyclic) bond motifs is 1. The molecular weight excluding hydrogens is 424 g/mol. The van der Waals surface area contributed by atoms with E-state index in [1.165, 1.54) is 11.3 Å². The summed E-state index contributed by atoms with van der Waals surface area (Å²) in [5, 5.41) is 3.72. The van der Waals surface area contributed by atoms with Gasteiger partial charge in [-0.25, -0.2) is 4.79 Å². The third-order valence-electron chi connectivity index (χ3n) is 5.21. The van der Waals surface area contributed by atoms with Gasteiger partial charge in [0.25, 0.3) is 5.91 Å². The Morgan fingerprint density at radius 1 is 1.23 bits per heavy atom. The first kappa shape index (κ1) is 20.4. The molecule has 1 saturated heterocycles. The predicted octanol–water partition coefficient (Wildman–Crippen LogP) is 3.39. The number of thiophene rings is 1. The average molecular weight is 445 g/mol. The van der Waals surface area contributed by atoms with E-state index < -0.39 is 12.1 Å². The first-order chi connectivity index (χ1) is 14.5. The van der Waals surface area contributed by atoms with Crippen LogP contribution >= 0.6 is 22.9 Å². The van der Waals surface area contributed by atoms with Crippen LogP contribution < -0.4 is 5.32 Å². The number of H-pyrrole nitrogens is 1. The van der Waals surface area contributed by atoms with Crippen LogP contribution in [0.1, 0.15) is 17.4 Å². The van der Waals surface area contributed by atoms with Crippen LogP contribution in [-0.4, -0.2) is 51.8 Å². The number of para-hydroxylation sites is 1. The Bertz CT molecular complexity index is 1110. The van der Waals surface area contributed by atoms with E-state index in [9.17, 15) is 14.4 Å². The van der Waals surface area contributed by atoms with Crippen LogP contribution in [0.25, 0.3) is 10.9 Å². The van der Waals surface area contributed by atoms with E-state index in [1.807, 2.05) is 43.5 Å². The number of halogens is 1. The molecule has 0 aliphatic carbocycles. The second-order valence-corrected chi connectivity index (χ2v) is 8.90. The second-order valence-electron chi connectivity index (χ2n) is 7.10. The highest BCUT2D eigenvalue weighted by atomic mass is 35.5. The fraction of sp³-hybridized carbons (Fsp3) is 0.286. The summed E-state index contributed by atoms with van der Waals surface area (Å²) in [6, 6.07) is 10.2. The van der Waals surface area contributed by atoms with Gasteiger partial charge in [0.2, 0.25) is 5.91 Å². The smallest absolute Gasteiger partial charge is 0.325 e. The highest BCUT2D eigenvalue weighted by molar-refractivity contribution is 7.16. The maximum atomic E-state index is 12.8. The van der Waals surface area contributed by atoms with Gasteiger partial charge in [-0.15, -0.1) is 11.3 Å². The molecule has 30 heavy (non-hydrogen) atoms. The summed E-state index contributed by atoms with van der Waals surface area (Å²) in [4.78, 5) is 44.7. The molecule has 0 radical (unpaired) electrons. The van der Waals surface area contributed by atoms with Crippen LogP contribution in [0.2, 0.25) is 4.34 Å². The quantitative estimate of drug-likeness (QED) is 0.548. The Hall–Kier alpha value is -2.84. The monoisotopic (exact) mass is 444 g/mol. The molecule has 0 spiro atoms. The molecule has 7 nitrogen and oxygen atoms in total. The van der Waals surface area contributed by atoms with Crippen molar-refractivity contribution in [3.05, 3.63) is 57.4 Å². The molecule has 156 valence electrons. The largest absolute Gasteiger partial charge is 0.361 e. The number of aromatic nitrogens is 1. The Morgan fingerprint density at radius 2 is 2.03 bits per heavy atom. The van der Waals surface area contributed by atoms with Crippen molar-refractivity contribution in [1.29, 1.82) is 0 Å². The van der Waals surface area contributed by atoms with Crippen molar-refractivity contribution in [2.45, 2.75) is 25.9 Å². The van der Waals surface area contributed by atoms with Crippen molar-refractivity contribution in [2.24, 2.45) is 0 Å². The minimum atomic E-state index is -0.685. The maximum absolute atomic E-state index is 12.8. The number of urea groups is 1. The summed E-state index contributed by atoms with van der Waals surface area (Å²) in [7, 11) is 0. The number of imide groups is 1. The summed E-state index contributed by atoms with van der Waals surface area (Å²) >= 11 is 7.36. The SMILES string of the molecule is CCN(Cc1ccc(Cl)s1)C(=O)CN1C(=O)N[C@H](Cc2c[nH]c3ccccc23)C1=O. The predicted molar refractivity (Wildman–Crippen MR) is 116 cm³/mol. The van der Waals surface area contributed by atoms with E-state index in [0.29, 0.717) is 23.8 Å². The van der Waals surface area contributed by atoms with E-state index in [0.717, 1.165) is 26.2 Å². The molecule has 4 rings (SSSR count). The van der Waals surface area contributed by atoms with Gasteiger partial charge in [0, 0.05) is 34.9 Å². The topological polar surface area (TPSA) is 85.5 Å². The number of hydrogen-bond donors (Lipinski definition) is 2. The van der Waals surface area contributed by atoms with E-state index in [2.05, 4.69) is 10.3 Å². The molecule has 0 saturated carbocycles. The Kier molecular flexibility index (Phi) is 5.78. The van der Waals surface area contributed by atoms with Crippen LogP contribution in [0.4, 0.5) is 4.79 Å². The standard InChI is InChI=1S/C21H21ClN4O3S/c1-2-25(11-14-7-8-18(22)30-14)19(27)12-26-20(28)17(24-21(26)29)9-13-10-23-16-6-4-3-5-15(13)16/h3-8,10,17,23H,2,9,11-12H2,1H3,(H,24,29)/t17-/m1/s1. The average Bonchev–Trinajstić information content (AvgIpc) is 3.41. The summed E-state index contributed by atoms with van der Waals surface area (Å²) in [6.45, 7) is 2.45. The highest BCUT2D eigenvalue weighted by Gasteiger charge is 2.39. The fourth-order valence-corrected chi connectivity index (χ4v) is 4.73. The zero-order valence-electron chi connectivity index (χ0n) is 16.4. The van der Waals surface area contributed by atoms with Gasteiger partial charge in [-0.2, -0.15) is 0 Å². The minimum Gasteiger partial charge on any atom is -0.361 e. The second kappa shape index (κ2) is 8.49. The molecular formula is C21H21ClN4O3S. The first-order valence-electron chi connectivity index (χ1n) is 9.65. The van der Waals surface area contributed by atoms with Gasteiger partial charge in [-0.1, -0.05) is 29.8 Å². The van der Waals surface area contributed by atoms with E-state index in [-0.39, 0.29) is 18.4 Å². The van der Waals surface area contributed by atoms with Gasteiger partial charge in [-0.05, 0) is 30.7 Å². The molecule has 4 amide bonds. The van der Waals surface area contributed by atoms with Crippen LogP contribution in [0.3, 0.4) is 0 Å². The van der Waals surface area contributed by atoms with Crippen LogP contribution in [0.5, 0.6) is 0 Å². The Balaban J connectivity index is 1.42. The molecule has 0 unspecified atom stereocenters. The lowest BCUT2D eigenvalue weighted by atomic mass is 10.1. The molecule has 3 heterocycles. The number of nitrogens with one attached hydrogen (secondary N) is 2. The number of carbonyl (C=O) groups excluding carboxylic acids is 3. The summed E-state index contributed by atoms with van der Waals surface area (Å²) in [5.41, 5.74) is 1.92. The number of carbonyl (C=O) groups is 3. The molecule has 3 aromatic rings. The van der Waals surface area contributed by atoms with Crippen molar-refractivity contribution >= 4 is 51.7 Å². The number of hydrogen-bond acceptors (Lipinski definition) is 4. The first-order valence-corrected chi connectivity index (χ1v) is 10.8. The molecule has 1 fully saturated rings. The molecule has 2 aromatic heterocycles. The van der Waals surface area contributed by atoms with Crippen molar-refractivity contribution in [1.82, 2.24) is 20.1 Å². The van der Waals surface area contributed by atoms with E-state index >= 15 is 0 Å². The molecule has 9 heteroatoms. The van der Waals surface area contributed by atoms with Gasteiger partial charge in [0.05, 0.1) is 10.9 Å². The third kappa shape index (κ3) is 4.06. The highest BCUT2D eigenvalue weighted by Crippen LogP contribution is 2.23. The summed E-state index contributed by atoms with van der Waals surface area (Å²) in [6.07, 6.45) is 2.22. The molecule has 0 bridgehead atoms. The maximum Gasteiger partial charge on any atom is 0.325 e. The Labute approximate surface area is 182 Å². The number of nitrogens with zero attached hydrogens (tertiary/aromatic N) is 2. The molecule has 1 aromatic carbocycles. The molecule has 2 N–H and O–H groups in total. The summed E-state index contributed by atoms with van der Waals surface area (Å²) < 4.78 is 0.655. The zero-order chi connectivity index (χ0) is 21.3. The van der Waals surface area contributed by atoms with Crippen LogP contribution in [0, 0.1) is 0 Å². The van der Waals surface area contributed by atoms with Gasteiger partial charge in [0.15, 0.2) is 0 Å². The van der Waals surface area contributed by atoms with Gasteiger partial charge in [-0.3, -0.25) is 14.5 Å². The number of amides is 4. The van der Waals surface area contributed by atoms with Crippen molar-refractivity contribution in [3.63, 3.8) is 0 Å². The summed E-state index contributed by atoms with van der Waals surface area (Å²) in [5.74, 6) is -0.660. The zero-order valence-corrected chi connectivity index (χ0v) is 17.9. The number of aromatic amines is 1. The van der Waals surface area contributed by atoms with E-state index in [1.54, 1.807) is 11.0 Å². The lowest BCUT2D eigenvalue weighted by Gasteiger charge is -2.22. The normalized spacial score (nSPS) is 16.3. The third-order valence-corrected chi connectivity index (χ3v) is 6.43. The van der Waals surface area contributed by atoms with Gasteiger partial charge >= 0.3 is 6.03 Å². The number of rotatable bonds is 7. The molecule has 1 aliphatic rings. The van der Waals surface area contributed by atoms with Crippen molar-refractivity contribution < 1.29 is 14.4 Å². The van der Waals surface area contributed by atoms with Crippen LogP contribution in [0.15, 0.2) is 42.6 Å². The number of benzene rings is 1. The van der Waals surface area contributed by atoms with Crippen molar-refractivity contribution in [3.8, 4) is 0 Å². The minimum absolute atomic E-state index is 0.276. The lowest BCUT2D eigenvalue weighted by molar-refractivity contribution is -0.137. The van der Waals surface area contributed by atoms with Crippen molar-refractivity contribution in [2.75, 3.05) is 13.1 Å². The molecule has 1 atom stereocenters. The Morgan fingerprint density at radius 3 is 2.77 bits per heavy atom.